The smallest absolute Gasteiger partial charge is 0.271 e. The molecule has 1 aromatic heterocycles. The molecule has 0 saturated heterocycles. The van der Waals surface area contributed by atoms with Crippen LogP contribution in [0, 0.1) is 10.1 Å². The molecule has 92 valence electrons. The fraction of sp³-hybridized carbons (Fsp3) is 0.250. The molecule has 3 rings (SSSR count). The first-order valence-electron chi connectivity index (χ1n) is 5.72. The van der Waals surface area contributed by atoms with Crippen LogP contribution in [0.3, 0.4) is 0 Å². The summed E-state index contributed by atoms with van der Waals surface area (Å²) in [6.07, 6.45) is 2.22. The van der Waals surface area contributed by atoms with Gasteiger partial charge < -0.3 is 0 Å². The maximum Gasteiger partial charge on any atom is 0.271 e. The van der Waals surface area contributed by atoms with Crippen molar-refractivity contribution in [2.24, 2.45) is 0 Å². The Morgan fingerprint density at radius 1 is 1.28 bits per heavy atom. The van der Waals surface area contributed by atoms with Gasteiger partial charge in [0.05, 0.1) is 10.6 Å². The zero-order valence-corrected chi connectivity index (χ0v) is 9.50. The van der Waals surface area contributed by atoms with Crippen molar-refractivity contribution in [3.8, 4) is 5.69 Å². The topological polar surface area (TPSA) is 80.9 Å². The van der Waals surface area contributed by atoms with E-state index in [9.17, 15) is 14.9 Å². The highest BCUT2D eigenvalue weighted by Gasteiger charge is 2.26. The Labute approximate surface area is 102 Å². The molecular weight excluding hydrogens is 234 g/mol. The van der Waals surface area contributed by atoms with Crippen molar-refractivity contribution >= 4 is 5.69 Å². The third-order valence-corrected chi connectivity index (χ3v) is 3.08. The van der Waals surface area contributed by atoms with Crippen LogP contribution in [-0.4, -0.2) is 14.7 Å². The molecule has 0 bridgehead atoms. The van der Waals surface area contributed by atoms with Crippen LogP contribution in [0.4, 0.5) is 5.69 Å². The van der Waals surface area contributed by atoms with Crippen molar-refractivity contribution < 1.29 is 4.92 Å². The first-order valence-corrected chi connectivity index (χ1v) is 5.72. The Bertz CT molecular complexity index is 650. The van der Waals surface area contributed by atoms with Gasteiger partial charge in [-0.05, 0) is 25.0 Å². The van der Waals surface area contributed by atoms with Crippen molar-refractivity contribution in [2.75, 3.05) is 0 Å². The summed E-state index contributed by atoms with van der Waals surface area (Å²) in [6.45, 7) is 0. The lowest BCUT2D eigenvalue weighted by atomic mass is 10.3. The predicted molar refractivity (Wildman–Crippen MR) is 65.0 cm³/mol. The van der Waals surface area contributed by atoms with Gasteiger partial charge in [-0.1, -0.05) is 0 Å². The predicted octanol–water partition coefficient (Wildman–Crippen LogP) is 1.95. The van der Waals surface area contributed by atoms with Crippen molar-refractivity contribution in [3.05, 3.63) is 56.5 Å². The molecule has 0 spiro atoms. The number of non-ortho nitro benzene ring substituents is 1. The fourth-order valence-corrected chi connectivity index (χ4v) is 1.93. The van der Waals surface area contributed by atoms with E-state index in [0.717, 1.165) is 18.5 Å². The number of nitrogens with zero attached hydrogens (tertiary/aromatic N) is 2. The minimum absolute atomic E-state index is 0.0146. The van der Waals surface area contributed by atoms with Crippen molar-refractivity contribution in [3.63, 3.8) is 0 Å². The standard InChI is InChI=1S/C12H11N3O3/c16-12-7-11(8-1-2-8)13-14(12)9-3-5-10(6-4-9)15(17)18/h3-8,13H,1-2H2. The average molecular weight is 245 g/mol. The molecule has 1 aromatic carbocycles. The van der Waals surface area contributed by atoms with E-state index in [4.69, 9.17) is 0 Å². The number of aromatic amines is 1. The van der Waals surface area contributed by atoms with Gasteiger partial charge >= 0.3 is 0 Å². The Morgan fingerprint density at radius 2 is 1.94 bits per heavy atom. The summed E-state index contributed by atoms with van der Waals surface area (Å²) in [4.78, 5) is 21.9. The van der Waals surface area contributed by atoms with Crippen LogP contribution < -0.4 is 5.56 Å². The lowest BCUT2D eigenvalue weighted by molar-refractivity contribution is -0.384. The molecule has 18 heavy (non-hydrogen) atoms. The summed E-state index contributed by atoms with van der Waals surface area (Å²) < 4.78 is 1.41. The van der Waals surface area contributed by atoms with Crippen LogP contribution >= 0.6 is 0 Å². The summed E-state index contributed by atoms with van der Waals surface area (Å²) in [5, 5.41) is 13.6. The number of hydrogen-bond donors (Lipinski definition) is 1. The van der Waals surface area contributed by atoms with E-state index in [1.54, 1.807) is 18.2 Å². The van der Waals surface area contributed by atoms with E-state index in [-0.39, 0.29) is 11.2 Å². The molecule has 1 saturated carbocycles. The molecule has 2 aromatic rings. The van der Waals surface area contributed by atoms with Crippen LogP contribution in [0.1, 0.15) is 24.5 Å². The summed E-state index contributed by atoms with van der Waals surface area (Å²) in [7, 11) is 0. The molecule has 1 heterocycles. The van der Waals surface area contributed by atoms with Crippen LogP contribution in [0.25, 0.3) is 5.69 Å². The first-order chi connectivity index (χ1) is 8.65. The van der Waals surface area contributed by atoms with Crippen LogP contribution in [0.2, 0.25) is 0 Å². The second-order valence-corrected chi connectivity index (χ2v) is 4.43. The molecule has 0 atom stereocenters. The van der Waals surface area contributed by atoms with E-state index in [1.807, 2.05) is 0 Å². The van der Waals surface area contributed by atoms with Gasteiger partial charge in [0.1, 0.15) is 0 Å². The molecule has 0 radical (unpaired) electrons. The molecule has 1 fully saturated rings. The van der Waals surface area contributed by atoms with Gasteiger partial charge in [0, 0.05) is 29.8 Å². The SMILES string of the molecule is O=c1cc(C2CC2)[nH]n1-c1ccc([N+](=O)[O-])cc1. The average Bonchev–Trinajstić information content (AvgIpc) is 3.13. The second-order valence-electron chi connectivity index (χ2n) is 4.43. The maximum atomic E-state index is 11.8. The normalized spacial score (nSPS) is 14.7. The third-order valence-electron chi connectivity index (χ3n) is 3.08. The summed E-state index contributed by atoms with van der Waals surface area (Å²) in [5.74, 6) is 0.469. The lowest BCUT2D eigenvalue weighted by Gasteiger charge is -2.01. The monoisotopic (exact) mass is 245 g/mol. The van der Waals surface area contributed by atoms with Crippen LogP contribution in [0.5, 0.6) is 0 Å². The maximum absolute atomic E-state index is 11.8. The van der Waals surface area contributed by atoms with Gasteiger partial charge in [-0.25, -0.2) is 4.68 Å². The highest BCUT2D eigenvalue weighted by molar-refractivity contribution is 5.40. The van der Waals surface area contributed by atoms with Crippen LogP contribution in [0.15, 0.2) is 35.1 Å². The molecule has 1 aliphatic rings. The van der Waals surface area contributed by atoms with Crippen molar-refractivity contribution in [1.82, 2.24) is 9.78 Å². The second kappa shape index (κ2) is 3.83. The Kier molecular flexibility index (Phi) is 2.29. The highest BCUT2D eigenvalue weighted by Crippen LogP contribution is 2.38. The largest absolute Gasteiger partial charge is 0.295 e. The number of benzene rings is 1. The number of hydrogen-bond acceptors (Lipinski definition) is 3. The quantitative estimate of drug-likeness (QED) is 0.662. The number of nitrogens with one attached hydrogen (secondary N) is 1. The molecule has 1 aliphatic carbocycles. The van der Waals surface area contributed by atoms with Crippen molar-refractivity contribution in [2.45, 2.75) is 18.8 Å². The number of rotatable bonds is 3. The molecule has 6 heteroatoms. The molecule has 1 N–H and O–H groups in total. The number of nitro groups is 1. The van der Waals surface area contributed by atoms with E-state index in [0.29, 0.717) is 11.6 Å². The minimum Gasteiger partial charge on any atom is -0.295 e. The number of aromatic nitrogens is 2. The Hall–Kier alpha value is -2.37. The molecule has 6 nitrogen and oxygen atoms in total. The van der Waals surface area contributed by atoms with E-state index < -0.39 is 4.92 Å². The van der Waals surface area contributed by atoms with E-state index in [2.05, 4.69) is 5.10 Å². The van der Waals surface area contributed by atoms with Crippen molar-refractivity contribution in [1.29, 1.82) is 0 Å². The zero-order valence-electron chi connectivity index (χ0n) is 9.50. The first kappa shape index (κ1) is 10.8. The molecule has 0 unspecified atom stereocenters. The van der Waals surface area contributed by atoms with Gasteiger partial charge in [0.2, 0.25) is 0 Å². The van der Waals surface area contributed by atoms with Gasteiger partial charge in [-0.3, -0.25) is 20.0 Å². The summed E-state index contributed by atoms with van der Waals surface area (Å²) in [6, 6.07) is 7.50. The summed E-state index contributed by atoms with van der Waals surface area (Å²) >= 11 is 0. The van der Waals surface area contributed by atoms with Crippen LogP contribution in [-0.2, 0) is 0 Å². The van der Waals surface area contributed by atoms with Gasteiger partial charge in [0.25, 0.3) is 11.2 Å². The Morgan fingerprint density at radius 3 is 2.50 bits per heavy atom. The highest BCUT2D eigenvalue weighted by atomic mass is 16.6. The lowest BCUT2D eigenvalue weighted by Crippen LogP contribution is -2.13. The zero-order chi connectivity index (χ0) is 12.7. The Balaban J connectivity index is 1.98. The number of H-pyrrole nitrogens is 1. The third kappa shape index (κ3) is 1.81. The number of nitro benzene ring substituents is 1. The van der Waals surface area contributed by atoms with E-state index in [1.165, 1.54) is 16.8 Å². The van der Waals surface area contributed by atoms with E-state index >= 15 is 0 Å². The van der Waals surface area contributed by atoms with Gasteiger partial charge in [-0.15, -0.1) is 0 Å². The fourth-order valence-electron chi connectivity index (χ4n) is 1.93. The molecule has 0 amide bonds. The molecular formula is C12H11N3O3. The minimum atomic E-state index is -0.461. The van der Waals surface area contributed by atoms with Gasteiger partial charge in [0.15, 0.2) is 0 Å². The van der Waals surface area contributed by atoms with Gasteiger partial charge in [-0.2, -0.15) is 0 Å². The molecule has 0 aliphatic heterocycles. The summed E-state index contributed by atoms with van der Waals surface area (Å²) in [5.41, 5.74) is 1.43.